The van der Waals surface area contributed by atoms with E-state index in [1.807, 2.05) is 6.92 Å². The van der Waals surface area contributed by atoms with Crippen molar-refractivity contribution < 1.29 is 28.7 Å². The summed E-state index contributed by atoms with van der Waals surface area (Å²) >= 11 is 0. The number of carbonyl (C=O) groups is 4. The minimum Gasteiger partial charge on any atom is -0.497 e. The lowest BCUT2D eigenvalue weighted by atomic mass is 9.96. The molecular weight excluding hydrogens is 512 g/mol. The molecule has 0 aromatic heterocycles. The fourth-order valence-electron chi connectivity index (χ4n) is 4.37. The third kappa shape index (κ3) is 7.76. The van der Waals surface area contributed by atoms with Crippen molar-refractivity contribution in [3.05, 3.63) is 59.7 Å². The van der Waals surface area contributed by atoms with Crippen molar-refractivity contribution in [3.8, 4) is 18.1 Å². The molecular formula is C30H36N4O6. The number of nitrogens with two attached hydrogens (primary N) is 1. The fraction of sp³-hybridized carbons (Fsp3) is 0.400. The summed E-state index contributed by atoms with van der Waals surface area (Å²) in [6, 6.07) is 10.7. The van der Waals surface area contributed by atoms with Crippen molar-refractivity contribution in [3.63, 3.8) is 0 Å². The van der Waals surface area contributed by atoms with Gasteiger partial charge in [0.05, 0.1) is 13.5 Å². The Morgan fingerprint density at radius 2 is 1.75 bits per heavy atom. The number of primary amides is 1. The first-order valence-corrected chi connectivity index (χ1v) is 12.9. The Balaban J connectivity index is 2.06. The molecule has 1 fully saturated rings. The van der Waals surface area contributed by atoms with Gasteiger partial charge < -0.3 is 30.7 Å². The van der Waals surface area contributed by atoms with Gasteiger partial charge in [0.15, 0.2) is 0 Å². The van der Waals surface area contributed by atoms with Gasteiger partial charge in [0.1, 0.15) is 23.4 Å². The number of nitrogens with one attached hydrogen (secondary N) is 2. The molecule has 1 aliphatic carbocycles. The minimum absolute atomic E-state index is 0.0639. The van der Waals surface area contributed by atoms with Crippen LogP contribution in [0.4, 0.5) is 10.5 Å². The standard InChI is InChI=1S/C30H36N4O6/c1-7-19-10-8-9-11-22(19)26(27(36)32-20-12-14-21(39-6)15-13-20)34(24-16-18(24)2)28(37)23(17-25(31)35)33-29(38)40-30(3,4)5/h1,8-15,18,23-24,26H,16-17H2,2-6H3,(H2,31,35)(H,32,36)(H,33,38). The van der Waals surface area contributed by atoms with E-state index in [9.17, 15) is 19.2 Å². The average Bonchev–Trinajstić information content (AvgIpc) is 3.61. The van der Waals surface area contributed by atoms with Gasteiger partial charge in [0.2, 0.25) is 11.8 Å². The second kappa shape index (κ2) is 12.6. The molecule has 4 unspecified atom stereocenters. The Kier molecular flexibility index (Phi) is 9.43. The molecule has 0 spiro atoms. The second-order valence-corrected chi connectivity index (χ2v) is 10.7. The maximum Gasteiger partial charge on any atom is 0.408 e. The number of terminal acetylenes is 1. The van der Waals surface area contributed by atoms with Crippen LogP contribution in [0.1, 0.15) is 57.7 Å². The predicted molar refractivity (Wildman–Crippen MR) is 150 cm³/mol. The van der Waals surface area contributed by atoms with E-state index in [0.29, 0.717) is 29.0 Å². The Morgan fingerprint density at radius 1 is 1.12 bits per heavy atom. The summed E-state index contributed by atoms with van der Waals surface area (Å²) in [6.07, 6.45) is 5.03. The highest BCUT2D eigenvalue weighted by molar-refractivity contribution is 6.00. The summed E-state index contributed by atoms with van der Waals surface area (Å²) in [7, 11) is 1.54. The van der Waals surface area contributed by atoms with Crippen LogP contribution in [-0.2, 0) is 19.1 Å². The number of ether oxygens (including phenoxy) is 2. The zero-order valence-corrected chi connectivity index (χ0v) is 23.4. The summed E-state index contributed by atoms with van der Waals surface area (Å²) in [5.74, 6) is 1.29. The molecule has 40 heavy (non-hydrogen) atoms. The fourth-order valence-corrected chi connectivity index (χ4v) is 4.37. The van der Waals surface area contributed by atoms with E-state index in [1.54, 1.807) is 69.3 Å². The van der Waals surface area contributed by atoms with E-state index in [2.05, 4.69) is 16.6 Å². The van der Waals surface area contributed by atoms with Gasteiger partial charge in [-0.1, -0.05) is 31.0 Å². The van der Waals surface area contributed by atoms with E-state index in [4.69, 9.17) is 21.6 Å². The van der Waals surface area contributed by atoms with Crippen LogP contribution < -0.4 is 21.1 Å². The molecule has 2 aromatic rings. The molecule has 0 heterocycles. The third-order valence-corrected chi connectivity index (χ3v) is 6.37. The first-order valence-electron chi connectivity index (χ1n) is 12.9. The first kappa shape index (κ1) is 30.0. The molecule has 0 aliphatic heterocycles. The highest BCUT2D eigenvalue weighted by Crippen LogP contribution is 2.41. The van der Waals surface area contributed by atoms with Gasteiger partial charge in [-0.3, -0.25) is 14.4 Å². The molecule has 0 bridgehead atoms. The number of nitrogens with zero attached hydrogens (tertiary/aromatic N) is 1. The van der Waals surface area contributed by atoms with Crippen LogP contribution >= 0.6 is 0 Å². The second-order valence-electron chi connectivity index (χ2n) is 10.7. The van der Waals surface area contributed by atoms with E-state index in [0.717, 1.165) is 0 Å². The number of amides is 4. The maximum absolute atomic E-state index is 14.2. The molecule has 0 radical (unpaired) electrons. The molecule has 3 rings (SSSR count). The molecule has 4 atom stereocenters. The predicted octanol–water partition coefficient (Wildman–Crippen LogP) is 3.36. The molecule has 1 aliphatic rings. The van der Waals surface area contributed by atoms with Gasteiger partial charge in [-0.25, -0.2) is 4.79 Å². The monoisotopic (exact) mass is 548 g/mol. The minimum atomic E-state index is -1.37. The van der Waals surface area contributed by atoms with Gasteiger partial charge in [-0.2, -0.15) is 0 Å². The first-order chi connectivity index (χ1) is 18.8. The summed E-state index contributed by atoms with van der Waals surface area (Å²) in [6.45, 7) is 6.96. The molecule has 4 amide bonds. The Hall–Kier alpha value is -4.52. The van der Waals surface area contributed by atoms with Crippen LogP contribution in [0.3, 0.4) is 0 Å². The van der Waals surface area contributed by atoms with Gasteiger partial charge in [0.25, 0.3) is 5.91 Å². The summed E-state index contributed by atoms with van der Waals surface area (Å²) in [4.78, 5) is 54.1. The Bertz CT molecular complexity index is 1290. The largest absolute Gasteiger partial charge is 0.497 e. The van der Waals surface area contributed by atoms with Crippen molar-refractivity contribution >= 4 is 29.5 Å². The van der Waals surface area contributed by atoms with Gasteiger partial charge in [0, 0.05) is 17.3 Å². The van der Waals surface area contributed by atoms with Gasteiger partial charge >= 0.3 is 6.09 Å². The number of alkyl carbamates (subject to hydrolysis) is 1. The van der Waals surface area contributed by atoms with E-state index >= 15 is 0 Å². The third-order valence-electron chi connectivity index (χ3n) is 6.37. The smallest absolute Gasteiger partial charge is 0.408 e. The normalized spacial score (nSPS) is 17.4. The average molecular weight is 549 g/mol. The van der Waals surface area contributed by atoms with Crippen molar-refractivity contribution in [2.24, 2.45) is 11.7 Å². The van der Waals surface area contributed by atoms with E-state index in [-0.39, 0.29) is 12.0 Å². The highest BCUT2D eigenvalue weighted by Gasteiger charge is 2.48. The number of carbonyl (C=O) groups excluding carboxylic acids is 4. The molecule has 212 valence electrons. The highest BCUT2D eigenvalue weighted by atomic mass is 16.6. The van der Waals surface area contributed by atoms with Gasteiger partial charge in [-0.05, 0) is 69.0 Å². The van der Waals surface area contributed by atoms with Crippen LogP contribution in [-0.4, -0.2) is 53.5 Å². The summed E-state index contributed by atoms with van der Waals surface area (Å²) in [5, 5.41) is 5.35. The SMILES string of the molecule is C#Cc1ccccc1C(C(=O)Nc1ccc(OC)cc1)N(C(=O)C(CC(N)=O)NC(=O)OC(C)(C)C)C1CC1C. The van der Waals surface area contributed by atoms with Crippen LogP contribution in [0.5, 0.6) is 5.75 Å². The Morgan fingerprint density at radius 3 is 2.27 bits per heavy atom. The number of rotatable bonds is 10. The molecule has 4 N–H and O–H groups in total. The quantitative estimate of drug-likeness (QED) is 0.389. The molecule has 1 saturated carbocycles. The maximum atomic E-state index is 14.2. The molecule has 10 nitrogen and oxygen atoms in total. The Labute approximate surface area is 234 Å². The van der Waals surface area contributed by atoms with Crippen molar-refractivity contribution in [2.45, 2.75) is 64.3 Å². The summed E-state index contributed by atoms with van der Waals surface area (Å²) in [5.41, 5.74) is 5.94. The van der Waals surface area contributed by atoms with Crippen LogP contribution in [0.25, 0.3) is 0 Å². The lowest BCUT2D eigenvalue weighted by Gasteiger charge is -2.35. The topological polar surface area (TPSA) is 140 Å². The van der Waals surface area contributed by atoms with E-state index < -0.39 is 47.9 Å². The van der Waals surface area contributed by atoms with Crippen LogP contribution in [0, 0.1) is 18.3 Å². The number of hydrogen-bond donors (Lipinski definition) is 3. The van der Waals surface area contributed by atoms with E-state index in [1.165, 1.54) is 12.0 Å². The van der Waals surface area contributed by atoms with Crippen LogP contribution in [0.2, 0.25) is 0 Å². The van der Waals surface area contributed by atoms with Gasteiger partial charge in [-0.15, -0.1) is 6.42 Å². The van der Waals surface area contributed by atoms with Crippen LogP contribution in [0.15, 0.2) is 48.5 Å². The zero-order valence-electron chi connectivity index (χ0n) is 23.4. The molecule has 10 heteroatoms. The zero-order chi connectivity index (χ0) is 29.6. The number of hydrogen-bond acceptors (Lipinski definition) is 6. The lowest BCUT2D eigenvalue weighted by molar-refractivity contribution is -0.142. The van der Waals surface area contributed by atoms with Crippen molar-refractivity contribution in [2.75, 3.05) is 12.4 Å². The molecule has 0 saturated heterocycles. The number of anilines is 1. The summed E-state index contributed by atoms with van der Waals surface area (Å²) < 4.78 is 10.5. The van der Waals surface area contributed by atoms with Crippen molar-refractivity contribution in [1.82, 2.24) is 10.2 Å². The lowest BCUT2D eigenvalue weighted by Crippen LogP contribution is -2.54. The number of methoxy groups -OCH3 is 1. The van der Waals surface area contributed by atoms with Crippen molar-refractivity contribution in [1.29, 1.82) is 0 Å². The molecule has 2 aromatic carbocycles. The number of benzene rings is 2.